The van der Waals surface area contributed by atoms with Gasteiger partial charge < -0.3 is 11.1 Å². The molecule has 21 heavy (non-hydrogen) atoms. The fourth-order valence-corrected chi connectivity index (χ4v) is 4.19. The molecule has 0 heterocycles. The van der Waals surface area contributed by atoms with E-state index in [1.54, 1.807) is 0 Å². The predicted octanol–water partition coefficient (Wildman–Crippen LogP) is 5.27. The number of halogens is 2. The van der Waals surface area contributed by atoms with Crippen molar-refractivity contribution in [1.82, 2.24) is 5.32 Å². The van der Waals surface area contributed by atoms with Crippen LogP contribution in [0.4, 0.5) is 5.69 Å². The number of nitrogens with one attached hydrogen (secondary N) is 1. The zero-order valence-electron chi connectivity index (χ0n) is 13.0. The molecule has 0 saturated heterocycles. The molecule has 2 nitrogen and oxygen atoms in total. The Labute approximate surface area is 138 Å². The number of hydrogen-bond acceptors (Lipinski definition) is 2. The summed E-state index contributed by atoms with van der Waals surface area (Å²) in [4.78, 5) is 0. The lowest BCUT2D eigenvalue weighted by Crippen LogP contribution is -2.33. The van der Waals surface area contributed by atoms with Gasteiger partial charge in [0, 0.05) is 13.1 Å². The Kier molecular flexibility index (Phi) is 5.81. The van der Waals surface area contributed by atoms with Crippen molar-refractivity contribution in [2.45, 2.75) is 52.5 Å². The normalized spacial score (nSPS) is 17.6. The molecule has 0 aromatic heterocycles. The third-order valence-electron chi connectivity index (χ3n) is 4.47. The van der Waals surface area contributed by atoms with Crippen molar-refractivity contribution in [2.24, 2.45) is 11.3 Å². The van der Waals surface area contributed by atoms with Gasteiger partial charge in [-0.1, -0.05) is 49.9 Å². The Bertz CT molecular complexity index is 457. The molecule has 2 rings (SSSR count). The smallest absolute Gasteiger partial charge is 0.0693 e. The highest BCUT2D eigenvalue weighted by molar-refractivity contribution is 6.38. The van der Waals surface area contributed by atoms with Gasteiger partial charge in [0.15, 0.2) is 0 Å². The molecule has 118 valence electrons. The molecule has 1 saturated carbocycles. The molecule has 1 aromatic carbocycles. The van der Waals surface area contributed by atoms with E-state index in [1.807, 2.05) is 12.1 Å². The van der Waals surface area contributed by atoms with E-state index < -0.39 is 0 Å². The van der Waals surface area contributed by atoms with Crippen LogP contribution in [-0.4, -0.2) is 6.54 Å². The van der Waals surface area contributed by atoms with Crippen LogP contribution < -0.4 is 11.1 Å². The first kappa shape index (κ1) is 16.9. The van der Waals surface area contributed by atoms with Crippen molar-refractivity contribution >= 4 is 28.9 Å². The molecule has 0 atom stereocenters. The van der Waals surface area contributed by atoms with Gasteiger partial charge in [0.1, 0.15) is 0 Å². The topological polar surface area (TPSA) is 38.0 Å². The second-order valence-corrected chi connectivity index (χ2v) is 7.70. The highest BCUT2D eigenvalue weighted by Gasteiger charge is 2.33. The molecule has 3 N–H and O–H groups in total. The Morgan fingerprint density at radius 3 is 2.29 bits per heavy atom. The minimum atomic E-state index is 0.467. The van der Waals surface area contributed by atoms with Gasteiger partial charge >= 0.3 is 0 Å². The summed E-state index contributed by atoms with van der Waals surface area (Å²) >= 11 is 12.2. The SMILES string of the molecule is CC(C)CC1(CNCc2cc(Cl)c(N)c(Cl)c2)CCCC1. The summed E-state index contributed by atoms with van der Waals surface area (Å²) in [5, 5.41) is 4.68. The molecular weight excluding hydrogens is 303 g/mol. The molecule has 1 aromatic rings. The number of nitrogens with two attached hydrogens (primary N) is 1. The van der Waals surface area contributed by atoms with Crippen molar-refractivity contribution in [3.63, 3.8) is 0 Å². The average Bonchev–Trinajstić information content (AvgIpc) is 2.83. The first-order valence-electron chi connectivity index (χ1n) is 7.86. The summed E-state index contributed by atoms with van der Waals surface area (Å²) < 4.78 is 0. The first-order chi connectivity index (χ1) is 9.92. The van der Waals surface area contributed by atoms with Gasteiger partial charge in [0.05, 0.1) is 15.7 Å². The van der Waals surface area contributed by atoms with Crippen molar-refractivity contribution < 1.29 is 0 Å². The quantitative estimate of drug-likeness (QED) is 0.698. The summed E-state index contributed by atoms with van der Waals surface area (Å²) in [7, 11) is 0. The van der Waals surface area contributed by atoms with Gasteiger partial charge in [0.2, 0.25) is 0 Å². The molecular formula is C17H26Cl2N2. The second kappa shape index (κ2) is 7.21. The Morgan fingerprint density at radius 1 is 1.19 bits per heavy atom. The molecule has 0 aliphatic heterocycles. The van der Waals surface area contributed by atoms with E-state index in [0.717, 1.165) is 24.6 Å². The van der Waals surface area contributed by atoms with Crippen molar-refractivity contribution in [2.75, 3.05) is 12.3 Å². The predicted molar refractivity (Wildman–Crippen MR) is 92.9 cm³/mol. The van der Waals surface area contributed by atoms with Gasteiger partial charge in [-0.3, -0.25) is 0 Å². The largest absolute Gasteiger partial charge is 0.396 e. The van der Waals surface area contributed by atoms with E-state index in [2.05, 4.69) is 19.2 Å². The van der Waals surface area contributed by atoms with E-state index in [1.165, 1.54) is 32.1 Å². The molecule has 0 bridgehead atoms. The molecule has 0 spiro atoms. The lowest BCUT2D eigenvalue weighted by molar-refractivity contribution is 0.223. The fraction of sp³-hybridized carbons (Fsp3) is 0.647. The molecule has 0 amide bonds. The molecule has 0 radical (unpaired) electrons. The van der Waals surface area contributed by atoms with E-state index >= 15 is 0 Å². The van der Waals surface area contributed by atoms with Crippen LogP contribution in [0.15, 0.2) is 12.1 Å². The Hall–Kier alpha value is -0.440. The minimum Gasteiger partial charge on any atom is -0.396 e. The molecule has 4 heteroatoms. The fourth-order valence-electron chi connectivity index (χ4n) is 3.65. The van der Waals surface area contributed by atoms with Gasteiger partial charge in [-0.25, -0.2) is 0 Å². The Balaban J connectivity index is 1.93. The maximum Gasteiger partial charge on any atom is 0.0693 e. The molecule has 1 fully saturated rings. The standard InChI is InChI=1S/C17H26Cl2N2/c1-12(2)9-17(5-3-4-6-17)11-21-10-13-7-14(18)16(20)15(19)8-13/h7-8,12,21H,3-6,9-11,20H2,1-2H3. The number of hydrogen-bond donors (Lipinski definition) is 2. The summed E-state index contributed by atoms with van der Waals surface area (Å²) in [5.74, 6) is 0.755. The number of anilines is 1. The van der Waals surface area contributed by atoms with Gasteiger partial charge in [0.25, 0.3) is 0 Å². The highest BCUT2D eigenvalue weighted by Crippen LogP contribution is 2.42. The van der Waals surface area contributed by atoms with Crippen LogP contribution in [0.1, 0.15) is 51.5 Å². The monoisotopic (exact) mass is 328 g/mol. The second-order valence-electron chi connectivity index (χ2n) is 6.88. The maximum absolute atomic E-state index is 6.08. The highest BCUT2D eigenvalue weighted by atomic mass is 35.5. The van der Waals surface area contributed by atoms with E-state index in [4.69, 9.17) is 28.9 Å². The van der Waals surface area contributed by atoms with Crippen LogP contribution in [0.5, 0.6) is 0 Å². The van der Waals surface area contributed by atoms with Crippen LogP contribution in [0.25, 0.3) is 0 Å². The van der Waals surface area contributed by atoms with Crippen LogP contribution >= 0.6 is 23.2 Å². The van der Waals surface area contributed by atoms with Crippen LogP contribution in [-0.2, 0) is 6.54 Å². The third kappa shape index (κ3) is 4.51. The lowest BCUT2D eigenvalue weighted by atomic mass is 9.78. The summed E-state index contributed by atoms with van der Waals surface area (Å²) in [6, 6.07) is 3.80. The minimum absolute atomic E-state index is 0.467. The van der Waals surface area contributed by atoms with Crippen molar-refractivity contribution in [3.05, 3.63) is 27.7 Å². The maximum atomic E-state index is 6.08. The number of benzene rings is 1. The first-order valence-corrected chi connectivity index (χ1v) is 8.62. The summed E-state index contributed by atoms with van der Waals surface area (Å²) in [6.45, 7) is 6.50. The van der Waals surface area contributed by atoms with Crippen LogP contribution in [0, 0.1) is 11.3 Å². The van der Waals surface area contributed by atoms with Gasteiger partial charge in [-0.05, 0) is 48.3 Å². The number of rotatable bonds is 6. The zero-order valence-corrected chi connectivity index (χ0v) is 14.5. The van der Waals surface area contributed by atoms with Crippen LogP contribution in [0.2, 0.25) is 10.0 Å². The Morgan fingerprint density at radius 2 is 1.76 bits per heavy atom. The van der Waals surface area contributed by atoms with Gasteiger partial charge in [-0.2, -0.15) is 0 Å². The third-order valence-corrected chi connectivity index (χ3v) is 5.10. The van der Waals surface area contributed by atoms with E-state index in [-0.39, 0.29) is 0 Å². The summed E-state index contributed by atoms with van der Waals surface area (Å²) in [5.41, 5.74) is 7.81. The van der Waals surface area contributed by atoms with Gasteiger partial charge in [-0.15, -0.1) is 0 Å². The van der Waals surface area contributed by atoms with Crippen LogP contribution in [0.3, 0.4) is 0 Å². The summed E-state index contributed by atoms with van der Waals surface area (Å²) in [6.07, 6.45) is 6.74. The zero-order chi connectivity index (χ0) is 15.5. The van der Waals surface area contributed by atoms with Crippen molar-refractivity contribution in [1.29, 1.82) is 0 Å². The molecule has 1 aliphatic rings. The van der Waals surface area contributed by atoms with E-state index in [0.29, 0.717) is 21.1 Å². The molecule has 0 unspecified atom stereocenters. The van der Waals surface area contributed by atoms with Crippen molar-refractivity contribution in [3.8, 4) is 0 Å². The number of nitrogen functional groups attached to an aromatic ring is 1. The molecule has 1 aliphatic carbocycles. The average molecular weight is 329 g/mol. The lowest BCUT2D eigenvalue weighted by Gasteiger charge is -2.31. The van der Waals surface area contributed by atoms with E-state index in [9.17, 15) is 0 Å².